The van der Waals surface area contributed by atoms with Crippen LogP contribution in [0.2, 0.25) is 0 Å². The molecule has 26 heavy (non-hydrogen) atoms. The summed E-state index contributed by atoms with van der Waals surface area (Å²) >= 11 is 0. The Kier molecular flexibility index (Phi) is 4.81. The molecule has 1 aliphatic heterocycles. The predicted octanol–water partition coefficient (Wildman–Crippen LogP) is 5.88. The maximum Gasteiger partial charge on any atom is 0.142 e. The molecule has 0 unspecified atom stereocenters. The summed E-state index contributed by atoms with van der Waals surface area (Å²) < 4.78 is 6.78. The van der Waals surface area contributed by atoms with Crippen molar-refractivity contribution in [2.45, 2.75) is 71.0 Å². The highest BCUT2D eigenvalue weighted by atomic mass is 16.5. The van der Waals surface area contributed by atoms with E-state index in [9.17, 15) is 4.79 Å². The summed E-state index contributed by atoms with van der Waals surface area (Å²) in [5.74, 6) is 1.64. The van der Waals surface area contributed by atoms with Crippen molar-refractivity contribution in [3.8, 4) is 0 Å². The fourth-order valence-corrected chi connectivity index (χ4v) is 5.82. The molecule has 2 nitrogen and oxygen atoms in total. The second-order valence-electron chi connectivity index (χ2n) is 9.08. The van der Waals surface area contributed by atoms with Crippen LogP contribution in [0.4, 0.5) is 0 Å². The molecule has 0 amide bonds. The van der Waals surface area contributed by atoms with Crippen LogP contribution >= 0.6 is 0 Å². The second-order valence-corrected chi connectivity index (χ2v) is 9.08. The molecule has 140 valence electrons. The Labute approximate surface area is 158 Å². The van der Waals surface area contributed by atoms with Crippen molar-refractivity contribution in [1.29, 1.82) is 0 Å². The van der Waals surface area contributed by atoms with Crippen molar-refractivity contribution in [3.05, 3.63) is 48.0 Å². The Hall–Kier alpha value is -1.41. The molecule has 5 atom stereocenters. The lowest BCUT2D eigenvalue weighted by Gasteiger charge is -2.42. The van der Waals surface area contributed by atoms with Gasteiger partial charge in [0.2, 0.25) is 0 Å². The fourth-order valence-electron chi connectivity index (χ4n) is 5.82. The minimum atomic E-state index is -0.393. The van der Waals surface area contributed by atoms with Gasteiger partial charge in [-0.15, -0.1) is 0 Å². The Morgan fingerprint density at radius 2 is 1.85 bits per heavy atom. The number of fused-ring (bicyclic) bond motifs is 1. The van der Waals surface area contributed by atoms with Crippen LogP contribution in [0.15, 0.2) is 42.5 Å². The quantitative estimate of drug-likeness (QED) is 0.635. The average molecular weight is 353 g/mol. The minimum absolute atomic E-state index is 0.0980. The van der Waals surface area contributed by atoms with Gasteiger partial charge in [-0.1, -0.05) is 61.7 Å². The highest BCUT2D eigenvalue weighted by Gasteiger charge is 2.61. The summed E-state index contributed by atoms with van der Waals surface area (Å²) in [6.07, 6.45) is 8.28. The molecule has 1 aromatic carbocycles. The lowest BCUT2D eigenvalue weighted by atomic mass is 9.58. The molecule has 0 aromatic heterocycles. The van der Waals surface area contributed by atoms with Gasteiger partial charge in [-0.3, -0.25) is 4.79 Å². The topological polar surface area (TPSA) is 26.3 Å². The van der Waals surface area contributed by atoms with Crippen molar-refractivity contribution in [2.24, 2.45) is 23.2 Å². The Bertz CT molecular complexity index is 673. The summed E-state index contributed by atoms with van der Waals surface area (Å²) in [5.41, 5.74) is 1.93. The first-order valence-corrected chi connectivity index (χ1v) is 10.4. The van der Waals surface area contributed by atoms with Gasteiger partial charge in [-0.25, -0.2) is 0 Å². The molecular weight excluding hydrogens is 320 g/mol. The number of Topliss-reactive ketones (excluding diaryl/α,β-unsaturated/α-hetero) is 1. The highest BCUT2D eigenvalue weighted by Crippen LogP contribution is 2.60. The molecule has 0 N–H and O–H groups in total. The third-order valence-electron chi connectivity index (χ3n) is 7.49. The van der Waals surface area contributed by atoms with Crippen LogP contribution in [0.25, 0.3) is 0 Å². The smallest absolute Gasteiger partial charge is 0.142 e. The number of carbonyl (C=O) groups is 1. The van der Waals surface area contributed by atoms with Crippen molar-refractivity contribution >= 4 is 5.78 Å². The van der Waals surface area contributed by atoms with Crippen LogP contribution in [-0.4, -0.2) is 11.9 Å². The van der Waals surface area contributed by atoms with Crippen LogP contribution < -0.4 is 0 Å². The van der Waals surface area contributed by atoms with E-state index >= 15 is 0 Å². The molecule has 3 fully saturated rings. The maximum absolute atomic E-state index is 13.4. The normalized spacial score (nSPS) is 38.2. The lowest BCUT2D eigenvalue weighted by Crippen LogP contribution is -2.46. The van der Waals surface area contributed by atoms with E-state index in [2.05, 4.69) is 44.7 Å². The molecular formula is C24H32O2. The molecule has 2 heteroatoms. The lowest BCUT2D eigenvalue weighted by molar-refractivity contribution is -0.136. The van der Waals surface area contributed by atoms with Crippen LogP contribution in [0.5, 0.6) is 0 Å². The van der Waals surface area contributed by atoms with Gasteiger partial charge in [-0.05, 0) is 50.5 Å². The molecule has 1 aromatic rings. The standard InChI is InChI=1S/C24H32O2/c1-16(2)19-14-20-22(17-10-6-4-7-11-17)26-23(18-12-8-5-9-13-18)24(20,3)21(25)15-19/h5,8-9,12-13,17,19-20,22-23H,1,4,6-7,10-11,14-15H2,2-3H3/t19-,20-,22-,23+,24+/m1/s1. The summed E-state index contributed by atoms with van der Waals surface area (Å²) in [5, 5.41) is 0. The van der Waals surface area contributed by atoms with Crippen molar-refractivity contribution in [1.82, 2.24) is 0 Å². The van der Waals surface area contributed by atoms with Gasteiger partial charge in [0, 0.05) is 12.3 Å². The van der Waals surface area contributed by atoms with Crippen molar-refractivity contribution in [3.63, 3.8) is 0 Å². The molecule has 0 spiro atoms. The molecule has 1 heterocycles. The largest absolute Gasteiger partial charge is 0.369 e. The number of hydrogen-bond donors (Lipinski definition) is 0. The molecule has 3 aliphatic rings. The zero-order chi connectivity index (χ0) is 18.3. The van der Waals surface area contributed by atoms with Gasteiger partial charge >= 0.3 is 0 Å². The number of hydrogen-bond acceptors (Lipinski definition) is 2. The summed E-state index contributed by atoms with van der Waals surface area (Å²) in [6, 6.07) is 10.4. The molecule has 4 rings (SSSR count). The number of rotatable bonds is 3. The molecule has 1 saturated heterocycles. The van der Waals surface area contributed by atoms with E-state index in [0.717, 1.165) is 12.0 Å². The van der Waals surface area contributed by atoms with Gasteiger partial charge < -0.3 is 4.74 Å². The maximum atomic E-state index is 13.4. The molecule has 2 aliphatic carbocycles. The first kappa shape index (κ1) is 18.0. The zero-order valence-corrected chi connectivity index (χ0v) is 16.2. The van der Waals surface area contributed by atoms with Gasteiger partial charge in [0.25, 0.3) is 0 Å². The van der Waals surface area contributed by atoms with Gasteiger partial charge in [0.05, 0.1) is 17.6 Å². The summed E-state index contributed by atoms with van der Waals surface area (Å²) in [7, 11) is 0. The van der Waals surface area contributed by atoms with Gasteiger partial charge in [0.1, 0.15) is 5.78 Å². The van der Waals surface area contributed by atoms with E-state index in [1.807, 2.05) is 6.07 Å². The Morgan fingerprint density at radius 1 is 1.15 bits per heavy atom. The summed E-state index contributed by atoms with van der Waals surface area (Å²) in [6.45, 7) is 8.45. The molecule has 0 bridgehead atoms. The number of allylic oxidation sites excluding steroid dienone is 1. The number of benzene rings is 1. The monoisotopic (exact) mass is 352 g/mol. The van der Waals surface area contributed by atoms with Gasteiger partial charge in [-0.2, -0.15) is 0 Å². The predicted molar refractivity (Wildman–Crippen MR) is 105 cm³/mol. The fraction of sp³-hybridized carbons (Fsp3) is 0.625. The van der Waals surface area contributed by atoms with E-state index in [4.69, 9.17) is 4.74 Å². The van der Waals surface area contributed by atoms with Gasteiger partial charge in [0.15, 0.2) is 0 Å². The van der Waals surface area contributed by atoms with Crippen molar-refractivity contribution < 1.29 is 9.53 Å². The first-order chi connectivity index (χ1) is 12.5. The highest BCUT2D eigenvalue weighted by molar-refractivity contribution is 5.87. The Morgan fingerprint density at radius 3 is 2.50 bits per heavy atom. The van der Waals surface area contributed by atoms with E-state index in [1.165, 1.54) is 37.7 Å². The summed E-state index contributed by atoms with van der Waals surface area (Å²) in [4.78, 5) is 13.4. The number of ketones is 1. The average Bonchev–Trinajstić information content (AvgIpc) is 2.97. The van der Waals surface area contributed by atoms with Crippen LogP contribution in [0.3, 0.4) is 0 Å². The van der Waals surface area contributed by atoms with Crippen LogP contribution in [0, 0.1) is 23.2 Å². The third kappa shape index (κ3) is 2.87. The van der Waals surface area contributed by atoms with Crippen molar-refractivity contribution in [2.75, 3.05) is 0 Å². The molecule has 0 radical (unpaired) electrons. The Balaban J connectivity index is 1.72. The molecule has 2 saturated carbocycles. The van der Waals surface area contributed by atoms with Crippen LogP contribution in [-0.2, 0) is 9.53 Å². The first-order valence-electron chi connectivity index (χ1n) is 10.4. The second kappa shape index (κ2) is 6.96. The number of ether oxygens (including phenoxy) is 1. The van der Waals surface area contributed by atoms with Crippen LogP contribution in [0.1, 0.15) is 70.5 Å². The minimum Gasteiger partial charge on any atom is -0.369 e. The van der Waals surface area contributed by atoms with E-state index < -0.39 is 5.41 Å². The third-order valence-corrected chi connectivity index (χ3v) is 7.49. The number of carbonyl (C=O) groups excluding carboxylic acids is 1. The van der Waals surface area contributed by atoms with E-state index in [-0.39, 0.29) is 12.2 Å². The zero-order valence-electron chi connectivity index (χ0n) is 16.2. The SMILES string of the molecule is C=C(C)[C@H]1CC(=O)[C@]2(C)[C@H](C1)[C@@H](C1CCCCC1)O[C@H]2c1ccccc1. The van der Waals surface area contributed by atoms with E-state index in [1.54, 1.807) is 0 Å². The van der Waals surface area contributed by atoms with E-state index in [0.29, 0.717) is 30.0 Å².